The van der Waals surface area contributed by atoms with E-state index in [2.05, 4.69) is 0 Å². The third-order valence-corrected chi connectivity index (χ3v) is 6.23. The van der Waals surface area contributed by atoms with E-state index >= 15 is 0 Å². The van der Waals surface area contributed by atoms with Crippen LogP contribution in [0.2, 0.25) is 26.2 Å². The quantitative estimate of drug-likeness (QED) is 0.761. The Morgan fingerprint density at radius 2 is 0.842 bits per heavy atom. The van der Waals surface area contributed by atoms with Gasteiger partial charge in [-0.05, 0) is 77.6 Å². The topological polar surface area (TPSA) is 40.5 Å². The van der Waals surface area contributed by atoms with Crippen molar-refractivity contribution >= 4 is 16.6 Å². The second-order valence-corrected chi connectivity index (χ2v) is 12.9. The molecule has 0 aliphatic heterocycles. The zero-order valence-electron chi connectivity index (χ0n) is 11.9. The van der Waals surface area contributed by atoms with E-state index in [1.165, 1.54) is 0 Å². The molecule has 0 unspecified atom stereocenters. The standard InChI is InChI=1S/2C7H11OSi.Fe/c2*1-9(2,8)7-5-3-4-6-7;/h2*3-6,8H,1-2H3;/q;;+2. The molecule has 0 atom stereocenters. The zero-order chi connectivity index (χ0) is 13.8. The fourth-order valence-corrected chi connectivity index (χ4v) is 3.58. The van der Waals surface area contributed by atoms with Crippen LogP contribution in [0.1, 0.15) is 0 Å². The molecule has 2 N–H and O–H groups in total. The maximum absolute atomic E-state index is 9.52. The van der Waals surface area contributed by atoms with Crippen LogP contribution in [0.4, 0.5) is 0 Å². The van der Waals surface area contributed by atoms with Crippen LogP contribution in [-0.2, 0) is 17.1 Å². The van der Waals surface area contributed by atoms with E-state index in [-0.39, 0.29) is 17.1 Å². The third-order valence-electron chi connectivity index (χ3n) is 2.74. The minimum Gasteiger partial charge on any atom is -0.432 e. The van der Waals surface area contributed by atoms with Crippen LogP contribution in [0.5, 0.6) is 0 Å². The molecule has 0 bridgehead atoms. The van der Waals surface area contributed by atoms with Crippen molar-refractivity contribution in [3.8, 4) is 0 Å². The molecule has 2 aliphatic carbocycles. The largest absolute Gasteiger partial charge is 2.00 e. The first kappa shape index (κ1) is 19.9. The van der Waals surface area contributed by atoms with E-state index < -0.39 is 16.6 Å². The second-order valence-electron chi connectivity index (χ2n) is 5.47. The van der Waals surface area contributed by atoms with Crippen molar-refractivity contribution < 1.29 is 26.7 Å². The Balaban J connectivity index is 0.000000324. The molecule has 0 saturated heterocycles. The van der Waals surface area contributed by atoms with E-state index in [0.29, 0.717) is 0 Å². The van der Waals surface area contributed by atoms with Gasteiger partial charge in [-0.1, -0.05) is 0 Å². The molecular weight excluding hydrogens is 312 g/mol. The normalized spacial score (nSPS) is 21.8. The second kappa shape index (κ2) is 8.35. The molecule has 2 fully saturated rings. The van der Waals surface area contributed by atoms with Crippen molar-refractivity contribution in [3.05, 3.63) is 62.4 Å². The fraction of sp³-hybridized carbons (Fsp3) is 0.286. The van der Waals surface area contributed by atoms with Crippen LogP contribution < -0.4 is 0 Å². The van der Waals surface area contributed by atoms with Crippen molar-refractivity contribution in [2.45, 2.75) is 26.2 Å². The zero-order valence-corrected chi connectivity index (χ0v) is 15.0. The smallest absolute Gasteiger partial charge is 0.432 e. The van der Waals surface area contributed by atoms with Crippen LogP contribution in [0.15, 0.2) is 0 Å². The first-order valence-electron chi connectivity index (χ1n) is 6.10. The van der Waals surface area contributed by atoms with Gasteiger partial charge in [-0.2, -0.15) is 0 Å². The summed E-state index contributed by atoms with van der Waals surface area (Å²) in [5, 5.41) is 0. The monoisotopic (exact) mass is 334 g/mol. The van der Waals surface area contributed by atoms with Gasteiger partial charge in [0.2, 0.25) is 0 Å². The van der Waals surface area contributed by atoms with Gasteiger partial charge >= 0.3 is 17.1 Å². The Labute approximate surface area is 132 Å². The number of hydrogen-bond acceptors (Lipinski definition) is 2. The molecule has 104 valence electrons. The Morgan fingerprint density at radius 1 is 0.632 bits per heavy atom. The average Bonchev–Trinajstić information content (AvgIpc) is 2.91. The van der Waals surface area contributed by atoms with Crippen LogP contribution in [0.25, 0.3) is 0 Å². The number of rotatable bonds is 2. The summed E-state index contributed by atoms with van der Waals surface area (Å²) in [7, 11) is -3.96. The van der Waals surface area contributed by atoms with E-state index in [1.807, 2.05) is 77.6 Å². The van der Waals surface area contributed by atoms with E-state index in [4.69, 9.17) is 0 Å². The maximum Gasteiger partial charge on any atom is 2.00 e. The summed E-state index contributed by atoms with van der Waals surface area (Å²) in [6.07, 6.45) is 15.7. The van der Waals surface area contributed by atoms with Crippen molar-refractivity contribution in [2.24, 2.45) is 0 Å². The van der Waals surface area contributed by atoms with Gasteiger partial charge in [0.15, 0.2) is 16.6 Å². The van der Waals surface area contributed by atoms with Gasteiger partial charge in [0.25, 0.3) is 0 Å². The van der Waals surface area contributed by atoms with E-state index in [9.17, 15) is 9.59 Å². The van der Waals surface area contributed by atoms with Crippen LogP contribution in [-0.4, -0.2) is 26.2 Å². The minimum atomic E-state index is -1.98. The van der Waals surface area contributed by atoms with Crippen molar-refractivity contribution in [1.29, 1.82) is 0 Å². The summed E-state index contributed by atoms with van der Waals surface area (Å²) in [5.41, 5.74) is 2.23. The minimum absolute atomic E-state index is 0. The Bertz CT molecular complexity index is 211. The molecule has 0 aromatic heterocycles. The van der Waals surface area contributed by atoms with E-state index in [1.54, 1.807) is 0 Å². The number of hydrogen-bond donors (Lipinski definition) is 2. The molecule has 10 radical (unpaired) electrons. The molecule has 0 aromatic rings. The summed E-state index contributed by atoms with van der Waals surface area (Å²) in [6, 6.07) is 0. The molecule has 5 heteroatoms. The maximum atomic E-state index is 9.52. The third kappa shape index (κ3) is 7.44. The molecule has 0 heterocycles. The molecule has 2 saturated carbocycles. The van der Waals surface area contributed by atoms with Crippen molar-refractivity contribution in [2.75, 3.05) is 0 Å². The predicted octanol–water partition coefficient (Wildman–Crippen LogP) is 2.25. The first-order valence-corrected chi connectivity index (χ1v) is 12.0. The van der Waals surface area contributed by atoms with Gasteiger partial charge in [-0.3, -0.25) is 0 Å². The van der Waals surface area contributed by atoms with Crippen LogP contribution in [0, 0.1) is 62.4 Å². The summed E-state index contributed by atoms with van der Waals surface area (Å²) in [5.74, 6) is 0. The SMILES string of the molecule is C[Si](C)(O)[C]1[CH][CH][CH][CH]1.C[Si](C)(O)[C]1[CH][CH][CH][CH]1.[Fe+2]. The molecule has 0 amide bonds. The Kier molecular flexibility index (Phi) is 8.73. The predicted molar refractivity (Wildman–Crippen MR) is 80.3 cm³/mol. The molecule has 0 spiro atoms. The molecule has 2 nitrogen and oxygen atoms in total. The average molecular weight is 334 g/mol. The summed E-state index contributed by atoms with van der Waals surface area (Å²) < 4.78 is 0. The Hall–Kier alpha value is 0.873. The molecular formula is C14H22FeO2Si2+2. The van der Waals surface area contributed by atoms with Gasteiger partial charge in [0.05, 0.1) is 0 Å². The summed E-state index contributed by atoms with van der Waals surface area (Å²) >= 11 is 0. The molecule has 2 aliphatic rings. The van der Waals surface area contributed by atoms with Crippen LogP contribution >= 0.6 is 0 Å². The fourth-order valence-electron chi connectivity index (χ4n) is 1.56. The van der Waals surface area contributed by atoms with Gasteiger partial charge < -0.3 is 9.59 Å². The van der Waals surface area contributed by atoms with Crippen molar-refractivity contribution in [1.82, 2.24) is 0 Å². The first-order chi connectivity index (χ1) is 8.21. The van der Waals surface area contributed by atoms with Gasteiger partial charge in [0.1, 0.15) is 0 Å². The Morgan fingerprint density at radius 3 is 0.947 bits per heavy atom. The van der Waals surface area contributed by atoms with Gasteiger partial charge in [0, 0.05) is 11.1 Å². The van der Waals surface area contributed by atoms with Crippen LogP contribution in [0.3, 0.4) is 0 Å². The summed E-state index contributed by atoms with van der Waals surface area (Å²) in [6.45, 7) is 7.68. The van der Waals surface area contributed by atoms with E-state index in [0.717, 1.165) is 11.1 Å². The van der Waals surface area contributed by atoms with Gasteiger partial charge in [-0.25, -0.2) is 0 Å². The summed E-state index contributed by atoms with van der Waals surface area (Å²) in [4.78, 5) is 19.0. The molecule has 0 aromatic carbocycles. The molecule has 19 heavy (non-hydrogen) atoms. The van der Waals surface area contributed by atoms with Gasteiger partial charge in [-0.15, -0.1) is 0 Å². The van der Waals surface area contributed by atoms with Crippen molar-refractivity contribution in [3.63, 3.8) is 0 Å². The molecule has 2 rings (SSSR count).